The lowest BCUT2D eigenvalue weighted by atomic mass is 10.0. The fourth-order valence-corrected chi connectivity index (χ4v) is 2.98. The van der Waals surface area contributed by atoms with Crippen LogP contribution in [0.3, 0.4) is 0 Å². The highest BCUT2D eigenvalue weighted by atomic mass is 16.5. The van der Waals surface area contributed by atoms with Crippen molar-refractivity contribution in [2.24, 2.45) is 0 Å². The number of hydrogen-bond donors (Lipinski definition) is 1. The maximum absolute atomic E-state index is 12.2. The fourth-order valence-electron chi connectivity index (χ4n) is 2.98. The van der Waals surface area contributed by atoms with Crippen LogP contribution in [0, 0.1) is 0 Å². The minimum Gasteiger partial charge on any atom is -0.497 e. The van der Waals surface area contributed by atoms with Crippen molar-refractivity contribution in [3.8, 4) is 5.75 Å². The second-order valence-corrected chi connectivity index (χ2v) is 7.12. The number of nitrogens with zero attached hydrogens (tertiary/aromatic N) is 1. The summed E-state index contributed by atoms with van der Waals surface area (Å²) in [6.07, 6.45) is 1.000. The Hall–Kier alpha value is -2.82. The summed E-state index contributed by atoms with van der Waals surface area (Å²) < 4.78 is 5.21. The fraction of sp³-hybridized carbons (Fsp3) is 0.391. The van der Waals surface area contributed by atoms with E-state index in [9.17, 15) is 9.59 Å². The first-order valence-corrected chi connectivity index (χ1v) is 9.68. The molecule has 2 aromatic rings. The molecular formula is C23H30N2O3. The lowest BCUT2D eigenvalue weighted by Crippen LogP contribution is -2.34. The van der Waals surface area contributed by atoms with E-state index in [4.69, 9.17) is 4.74 Å². The predicted octanol–water partition coefficient (Wildman–Crippen LogP) is 3.92. The lowest BCUT2D eigenvalue weighted by Gasteiger charge is -2.21. The number of anilines is 1. The number of benzene rings is 2. The number of amides is 2. The monoisotopic (exact) mass is 382 g/mol. The number of methoxy groups -OCH3 is 1. The molecule has 0 saturated heterocycles. The summed E-state index contributed by atoms with van der Waals surface area (Å²) in [5.74, 6) is 1.12. The van der Waals surface area contributed by atoms with Crippen LogP contribution in [0.2, 0.25) is 0 Å². The van der Waals surface area contributed by atoms with Gasteiger partial charge in [-0.1, -0.05) is 38.1 Å². The van der Waals surface area contributed by atoms with Gasteiger partial charge in [0, 0.05) is 32.1 Å². The molecule has 0 heterocycles. The molecule has 0 aromatic heterocycles. The number of carbonyl (C=O) groups excluding carboxylic acids is 2. The summed E-state index contributed by atoms with van der Waals surface area (Å²) in [6.45, 7) is 6.70. The third-order valence-electron chi connectivity index (χ3n) is 4.68. The first-order valence-electron chi connectivity index (χ1n) is 9.68. The van der Waals surface area contributed by atoms with E-state index in [-0.39, 0.29) is 18.2 Å². The second-order valence-electron chi connectivity index (χ2n) is 7.12. The first kappa shape index (κ1) is 21.5. The maximum Gasteiger partial charge on any atom is 0.223 e. The van der Waals surface area contributed by atoms with Crippen molar-refractivity contribution < 1.29 is 14.3 Å². The maximum atomic E-state index is 12.2. The minimum absolute atomic E-state index is 0.0621. The van der Waals surface area contributed by atoms with E-state index in [1.54, 1.807) is 12.0 Å². The predicted molar refractivity (Wildman–Crippen MR) is 113 cm³/mol. The quantitative estimate of drug-likeness (QED) is 0.715. The highest BCUT2D eigenvalue weighted by Gasteiger charge is 2.13. The van der Waals surface area contributed by atoms with Gasteiger partial charge in [-0.15, -0.1) is 0 Å². The largest absolute Gasteiger partial charge is 0.497 e. The molecule has 0 unspecified atom stereocenters. The topological polar surface area (TPSA) is 58.6 Å². The lowest BCUT2D eigenvalue weighted by molar-refractivity contribution is -0.121. The Bertz CT molecular complexity index is 785. The summed E-state index contributed by atoms with van der Waals surface area (Å²) >= 11 is 0. The van der Waals surface area contributed by atoms with Crippen molar-refractivity contribution in [1.29, 1.82) is 0 Å². The van der Waals surface area contributed by atoms with E-state index < -0.39 is 0 Å². The van der Waals surface area contributed by atoms with Gasteiger partial charge >= 0.3 is 0 Å². The zero-order valence-electron chi connectivity index (χ0n) is 17.2. The molecule has 0 bridgehead atoms. The normalized spacial score (nSPS) is 10.6. The summed E-state index contributed by atoms with van der Waals surface area (Å²) in [6, 6.07) is 15.7. The van der Waals surface area contributed by atoms with E-state index in [1.165, 1.54) is 12.5 Å². The van der Waals surface area contributed by atoms with Gasteiger partial charge in [0.15, 0.2) is 0 Å². The number of ether oxygens (including phenoxy) is 1. The number of carbonyl (C=O) groups is 2. The molecule has 2 amide bonds. The Kier molecular flexibility index (Phi) is 8.05. The van der Waals surface area contributed by atoms with Gasteiger partial charge in [0.2, 0.25) is 11.8 Å². The Labute approximate surface area is 167 Å². The second kappa shape index (κ2) is 10.5. The molecule has 150 valence electrons. The molecule has 0 aliphatic heterocycles. The van der Waals surface area contributed by atoms with Crippen LogP contribution in [0.4, 0.5) is 5.69 Å². The summed E-state index contributed by atoms with van der Waals surface area (Å²) in [4.78, 5) is 25.8. The van der Waals surface area contributed by atoms with Crippen LogP contribution in [0.25, 0.3) is 0 Å². The van der Waals surface area contributed by atoms with Gasteiger partial charge in [-0.3, -0.25) is 9.59 Å². The van der Waals surface area contributed by atoms with Crippen molar-refractivity contribution in [3.63, 3.8) is 0 Å². The first-order chi connectivity index (χ1) is 13.4. The highest BCUT2D eigenvalue weighted by molar-refractivity contribution is 5.92. The standard InChI is InChI=1S/C23H30N2O3/c1-17(2)20-8-10-21(11-9-20)25(18(3)26)15-13-23(27)24-14-12-19-6-5-7-22(16-19)28-4/h5-11,16-17H,12-15H2,1-4H3,(H,24,27). The molecule has 0 spiro atoms. The van der Waals surface area contributed by atoms with Crippen molar-refractivity contribution in [2.45, 2.75) is 39.5 Å². The molecule has 0 saturated carbocycles. The number of nitrogens with one attached hydrogen (secondary N) is 1. The third-order valence-corrected chi connectivity index (χ3v) is 4.68. The van der Waals surface area contributed by atoms with E-state index in [0.717, 1.165) is 23.4 Å². The molecule has 0 aliphatic carbocycles. The van der Waals surface area contributed by atoms with E-state index in [2.05, 4.69) is 19.2 Å². The Balaban J connectivity index is 1.83. The SMILES string of the molecule is COc1cccc(CCNC(=O)CCN(C(C)=O)c2ccc(C(C)C)cc2)c1. The molecule has 1 N–H and O–H groups in total. The average Bonchev–Trinajstić information content (AvgIpc) is 2.68. The Morgan fingerprint density at radius 1 is 1.11 bits per heavy atom. The number of rotatable bonds is 9. The molecule has 0 radical (unpaired) electrons. The van der Waals surface area contributed by atoms with Crippen LogP contribution in [0.1, 0.15) is 44.2 Å². The van der Waals surface area contributed by atoms with Crippen LogP contribution >= 0.6 is 0 Å². The molecule has 5 nitrogen and oxygen atoms in total. The molecule has 5 heteroatoms. The van der Waals surface area contributed by atoms with Crippen LogP contribution < -0.4 is 15.0 Å². The molecule has 0 aliphatic rings. The van der Waals surface area contributed by atoms with E-state index in [1.807, 2.05) is 48.5 Å². The zero-order valence-corrected chi connectivity index (χ0v) is 17.2. The summed E-state index contributed by atoms with van der Waals surface area (Å²) in [5, 5.41) is 2.92. The van der Waals surface area contributed by atoms with Crippen LogP contribution in [-0.2, 0) is 16.0 Å². The average molecular weight is 383 g/mol. The smallest absolute Gasteiger partial charge is 0.223 e. The van der Waals surface area contributed by atoms with Crippen molar-refractivity contribution in [2.75, 3.05) is 25.1 Å². The zero-order chi connectivity index (χ0) is 20.5. The van der Waals surface area contributed by atoms with Crippen LogP contribution in [-0.4, -0.2) is 32.0 Å². The van der Waals surface area contributed by atoms with Gasteiger partial charge < -0.3 is 15.0 Å². The van der Waals surface area contributed by atoms with Crippen molar-refractivity contribution >= 4 is 17.5 Å². The molecule has 28 heavy (non-hydrogen) atoms. The van der Waals surface area contributed by atoms with E-state index in [0.29, 0.717) is 19.0 Å². The van der Waals surface area contributed by atoms with Gasteiger partial charge in [0.1, 0.15) is 5.75 Å². The third kappa shape index (κ3) is 6.41. The van der Waals surface area contributed by atoms with Gasteiger partial charge in [0.25, 0.3) is 0 Å². The van der Waals surface area contributed by atoms with Crippen LogP contribution in [0.15, 0.2) is 48.5 Å². The Morgan fingerprint density at radius 3 is 2.43 bits per heavy atom. The summed E-state index contributed by atoms with van der Waals surface area (Å²) in [5.41, 5.74) is 3.15. The van der Waals surface area contributed by atoms with Gasteiger partial charge in [0.05, 0.1) is 7.11 Å². The van der Waals surface area contributed by atoms with Gasteiger partial charge in [-0.05, 0) is 47.7 Å². The highest BCUT2D eigenvalue weighted by Crippen LogP contribution is 2.20. The molecule has 2 aromatic carbocycles. The van der Waals surface area contributed by atoms with Crippen molar-refractivity contribution in [1.82, 2.24) is 5.32 Å². The summed E-state index contributed by atoms with van der Waals surface area (Å²) in [7, 11) is 1.64. The van der Waals surface area contributed by atoms with Gasteiger partial charge in [-0.25, -0.2) is 0 Å². The molecule has 0 atom stereocenters. The van der Waals surface area contributed by atoms with Crippen molar-refractivity contribution in [3.05, 3.63) is 59.7 Å². The number of hydrogen-bond acceptors (Lipinski definition) is 3. The van der Waals surface area contributed by atoms with Gasteiger partial charge in [-0.2, -0.15) is 0 Å². The Morgan fingerprint density at radius 2 is 1.82 bits per heavy atom. The molecule has 2 rings (SSSR count). The molecule has 0 fully saturated rings. The molecular weight excluding hydrogens is 352 g/mol. The van der Waals surface area contributed by atoms with Crippen LogP contribution in [0.5, 0.6) is 5.75 Å². The van der Waals surface area contributed by atoms with E-state index >= 15 is 0 Å². The minimum atomic E-state index is -0.0681.